The third kappa shape index (κ3) is 6.76. The number of primary amides is 1. The lowest BCUT2D eigenvalue weighted by Gasteiger charge is -2.37. The molecule has 0 spiro atoms. The van der Waals surface area contributed by atoms with Crippen molar-refractivity contribution in [1.82, 2.24) is 5.32 Å². The number of fused-ring (bicyclic) bond motifs is 2. The van der Waals surface area contributed by atoms with Crippen molar-refractivity contribution in [2.45, 2.75) is 25.6 Å². The van der Waals surface area contributed by atoms with Crippen molar-refractivity contribution >= 4 is 46.6 Å². The number of anilines is 2. The molecule has 4 aromatic rings. The molecule has 0 saturated carbocycles. The van der Waals surface area contributed by atoms with E-state index in [0.717, 1.165) is 45.6 Å². The van der Waals surface area contributed by atoms with Crippen LogP contribution in [0.4, 0.5) is 11.4 Å². The monoisotopic (exact) mass is 616 g/mol. The zero-order valence-corrected chi connectivity index (χ0v) is 25.3. The van der Waals surface area contributed by atoms with Gasteiger partial charge in [-0.1, -0.05) is 84.4 Å². The first-order valence-electron chi connectivity index (χ1n) is 14.8. The molecule has 0 fully saturated rings. The van der Waals surface area contributed by atoms with Gasteiger partial charge in [0, 0.05) is 35.6 Å². The van der Waals surface area contributed by atoms with Gasteiger partial charge in [0.1, 0.15) is 6.23 Å². The molecular weight excluding hydrogens is 584 g/mol. The first kappa shape index (κ1) is 30.1. The van der Waals surface area contributed by atoms with Crippen LogP contribution in [0.3, 0.4) is 0 Å². The maximum atomic E-state index is 13.0. The van der Waals surface area contributed by atoms with Crippen molar-refractivity contribution in [1.29, 1.82) is 0 Å². The van der Waals surface area contributed by atoms with E-state index in [1.165, 1.54) is 0 Å². The number of aliphatic hydroxyl groups excluding tert-OH is 1. The molecule has 45 heavy (non-hydrogen) atoms. The quantitative estimate of drug-likeness (QED) is 0.165. The predicted molar refractivity (Wildman–Crippen MR) is 180 cm³/mol. The van der Waals surface area contributed by atoms with Crippen LogP contribution >= 0.6 is 11.6 Å². The first-order chi connectivity index (χ1) is 21.9. The Hall–Kier alpha value is -4.95. The fourth-order valence-corrected chi connectivity index (χ4v) is 6.00. The summed E-state index contributed by atoms with van der Waals surface area (Å²) in [5, 5.41) is 16.8. The van der Waals surface area contributed by atoms with Crippen LogP contribution < -0.4 is 21.3 Å². The number of hydrogen-bond acceptors (Lipinski definition) is 5. The van der Waals surface area contributed by atoms with Gasteiger partial charge in [-0.05, 0) is 77.6 Å². The highest BCUT2D eigenvalue weighted by Gasteiger charge is 2.31. The van der Waals surface area contributed by atoms with Crippen LogP contribution in [0.25, 0.3) is 11.8 Å². The number of aryl methyl sites for hydroxylation is 1. The number of nitrogens with two attached hydrogens (primary N) is 1. The second-order valence-electron chi connectivity index (χ2n) is 11.0. The lowest BCUT2D eigenvalue weighted by Crippen LogP contribution is -2.32. The molecule has 8 heteroatoms. The molecular formula is C37H33ClN4O3. The van der Waals surface area contributed by atoms with Crippen molar-refractivity contribution in [3.63, 3.8) is 0 Å². The van der Waals surface area contributed by atoms with E-state index < -0.39 is 12.1 Å². The van der Waals surface area contributed by atoms with E-state index in [1.54, 1.807) is 30.3 Å². The number of benzene rings is 4. The Kier molecular flexibility index (Phi) is 8.93. The van der Waals surface area contributed by atoms with Gasteiger partial charge in [0.25, 0.3) is 5.91 Å². The molecule has 0 saturated heterocycles. The average Bonchev–Trinajstić information content (AvgIpc) is 3.06. The highest BCUT2D eigenvalue weighted by molar-refractivity contribution is 6.34. The summed E-state index contributed by atoms with van der Waals surface area (Å²) in [5.74, 6) is -0.749. The number of carbonyl (C=O) groups excluding carboxylic acids is 2. The fraction of sp³-hybridized carbons (Fsp3) is 0.135. The molecule has 5 N–H and O–H groups in total. The molecule has 0 radical (unpaired) electrons. The van der Waals surface area contributed by atoms with Crippen molar-refractivity contribution < 1.29 is 14.7 Å². The maximum Gasteiger partial charge on any atom is 0.257 e. The number of nitrogens with zero attached hydrogens (tertiary/aromatic N) is 1. The number of carbonyl (C=O) groups is 2. The van der Waals surface area contributed by atoms with Crippen molar-refractivity contribution in [3.8, 4) is 0 Å². The van der Waals surface area contributed by atoms with E-state index in [2.05, 4.69) is 15.5 Å². The van der Waals surface area contributed by atoms with E-state index in [9.17, 15) is 14.7 Å². The summed E-state index contributed by atoms with van der Waals surface area (Å²) in [6.45, 7) is 1.02. The molecule has 1 aliphatic heterocycles. The minimum absolute atomic E-state index is 0.298. The largest absolute Gasteiger partial charge is 0.375 e. The van der Waals surface area contributed by atoms with Gasteiger partial charge in [0.2, 0.25) is 5.91 Å². The normalized spacial score (nSPS) is 14.9. The third-order valence-electron chi connectivity index (χ3n) is 8.04. The highest BCUT2D eigenvalue weighted by atomic mass is 35.5. The van der Waals surface area contributed by atoms with Crippen molar-refractivity contribution in [3.05, 3.63) is 153 Å². The lowest BCUT2D eigenvalue weighted by molar-refractivity contribution is -0.114. The fourth-order valence-electron chi connectivity index (χ4n) is 5.78. The Balaban J connectivity index is 1.25. The number of hydrogen-bond donors (Lipinski definition) is 4. The van der Waals surface area contributed by atoms with Crippen molar-refractivity contribution in [2.75, 3.05) is 16.8 Å². The van der Waals surface area contributed by atoms with Gasteiger partial charge in [0.15, 0.2) is 0 Å². The van der Waals surface area contributed by atoms with Crippen LogP contribution in [0.15, 0.2) is 120 Å². The minimum atomic E-state index is -0.789. The number of amides is 2. The number of aliphatic hydroxyl groups is 1. The lowest BCUT2D eigenvalue weighted by atomic mass is 9.82. The molecule has 1 aliphatic carbocycles. The molecule has 0 aromatic heterocycles. The molecule has 226 valence electrons. The van der Waals surface area contributed by atoms with Crippen LogP contribution in [0.5, 0.6) is 0 Å². The molecule has 2 amide bonds. The molecule has 1 atom stereocenters. The average molecular weight is 617 g/mol. The van der Waals surface area contributed by atoms with Crippen molar-refractivity contribution in [2.24, 2.45) is 5.73 Å². The SMILES string of the molecule is NC(=O)C1=CCN(c2ccc(/C=C/C(O)NCc3ccccc3)cc2)C2=C1CCc1ccc(NC(=O)c3ccccc3Cl)cc12. The van der Waals surface area contributed by atoms with Crippen LogP contribution in [0.2, 0.25) is 5.02 Å². The van der Waals surface area contributed by atoms with Gasteiger partial charge in [-0.25, -0.2) is 0 Å². The maximum absolute atomic E-state index is 13.0. The summed E-state index contributed by atoms with van der Waals surface area (Å²) < 4.78 is 0. The first-order valence-corrected chi connectivity index (χ1v) is 15.2. The van der Waals surface area contributed by atoms with Gasteiger partial charge in [-0.2, -0.15) is 0 Å². The van der Waals surface area contributed by atoms with E-state index in [4.69, 9.17) is 17.3 Å². The topological polar surface area (TPSA) is 108 Å². The van der Waals surface area contributed by atoms with E-state index in [-0.39, 0.29) is 5.91 Å². The molecule has 0 bridgehead atoms. The summed E-state index contributed by atoms with van der Waals surface area (Å²) in [7, 11) is 0. The Bertz CT molecular complexity index is 1830. The second kappa shape index (κ2) is 13.4. The molecule has 2 aliphatic rings. The Labute approximate surface area is 267 Å². The number of rotatable bonds is 9. The van der Waals surface area contributed by atoms with E-state index >= 15 is 0 Å². The molecule has 7 nitrogen and oxygen atoms in total. The van der Waals surface area contributed by atoms with Crippen LogP contribution in [0, 0.1) is 0 Å². The van der Waals surface area contributed by atoms with Crippen LogP contribution in [0.1, 0.15) is 39.0 Å². The molecule has 1 unspecified atom stereocenters. The Morgan fingerprint density at radius 3 is 2.47 bits per heavy atom. The molecule has 1 heterocycles. The van der Waals surface area contributed by atoms with E-state index in [1.807, 2.05) is 84.9 Å². The summed E-state index contributed by atoms with van der Waals surface area (Å²) in [6.07, 6.45) is 6.11. The van der Waals surface area contributed by atoms with Gasteiger partial charge in [-0.3, -0.25) is 14.9 Å². The van der Waals surface area contributed by atoms with Gasteiger partial charge < -0.3 is 21.1 Å². The smallest absolute Gasteiger partial charge is 0.257 e. The molecule has 6 rings (SSSR count). The minimum Gasteiger partial charge on any atom is -0.375 e. The second-order valence-corrected chi connectivity index (χ2v) is 11.4. The van der Waals surface area contributed by atoms with Gasteiger partial charge in [0.05, 0.1) is 16.3 Å². The summed E-state index contributed by atoms with van der Waals surface area (Å²) in [6, 6.07) is 30.7. The third-order valence-corrected chi connectivity index (χ3v) is 8.37. The van der Waals surface area contributed by atoms with Gasteiger partial charge in [-0.15, -0.1) is 0 Å². The van der Waals surface area contributed by atoms with Crippen LogP contribution in [-0.2, 0) is 17.8 Å². The molecule has 4 aromatic carbocycles. The van der Waals surface area contributed by atoms with Crippen LogP contribution in [-0.4, -0.2) is 29.7 Å². The standard InChI is InChI=1S/C37H33ClN4O3/c38-33-9-5-4-8-31(33)37(45)41-27-15-13-26-14-18-29-30(36(39)44)20-21-42(35(29)32(26)22-27)28-16-10-24(11-17-28)12-19-34(43)40-23-25-6-2-1-3-7-25/h1-13,15-17,19-20,22,34,40,43H,14,18,21,23H2,(H2,39,44)(H,41,45)/b19-12+. The number of nitrogens with one attached hydrogen (secondary N) is 2. The summed E-state index contributed by atoms with van der Waals surface area (Å²) >= 11 is 6.26. The van der Waals surface area contributed by atoms with E-state index in [0.29, 0.717) is 41.4 Å². The summed E-state index contributed by atoms with van der Waals surface area (Å²) in [5.41, 5.74) is 14.2. The van der Waals surface area contributed by atoms with Gasteiger partial charge >= 0.3 is 0 Å². The Morgan fingerprint density at radius 2 is 1.71 bits per heavy atom. The highest BCUT2D eigenvalue weighted by Crippen LogP contribution is 2.42. The zero-order chi connectivity index (χ0) is 31.3. The Morgan fingerprint density at radius 1 is 0.956 bits per heavy atom. The number of halogens is 1. The summed E-state index contributed by atoms with van der Waals surface area (Å²) in [4.78, 5) is 27.7. The predicted octanol–water partition coefficient (Wildman–Crippen LogP) is 6.30. The zero-order valence-electron chi connectivity index (χ0n) is 24.5.